The summed E-state index contributed by atoms with van der Waals surface area (Å²) in [5, 5.41) is 0. The molecule has 0 N–H and O–H groups in total. The number of amides is 1. The van der Waals surface area contributed by atoms with Crippen molar-refractivity contribution in [3.8, 4) is 0 Å². The summed E-state index contributed by atoms with van der Waals surface area (Å²) in [6.45, 7) is 8.41. The van der Waals surface area contributed by atoms with Crippen LogP contribution >= 0.6 is 0 Å². The molecule has 0 saturated carbocycles. The molecule has 17 heavy (non-hydrogen) atoms. The maximum absolute atomic E-state index is 11.9. The van der Waals surface area contributed by atoms with Gasteiger partial charge in [-0.05, 0) is 46.2 Å². The molecule has 4 heteroatoms. The van der Waals surface area contributed by atoms with Gasteiger partial charge in [0, 0.05) is 19.1 Å². The number of hydrogen-bond donors (Lipinski definition) is 0. The molecule has 0 bridgehead atoms. The van der Waals surface area contributed by atoms with Crippen LogP contribution in [0.5, 0.6) is 0 Å². The summed E-state index contributed by atoms with van der Waals surface area (Å²) in [5.74, 6) is 0.153. The molecule has 0 aromatic heterocycles. The Labute approximate surface area is 104 Å². The van der Waals surface area contributed by atoms with E-state index in [-0.39, 0.29) is 18.6 Å². The van der Waals surface area contributed by atoms with Crippen LogP contribution in [0, 0.1) is 0 Å². The lowest BCUT2D eigenvalue weighted by Crippen LogP contribution is -2.38. The SMILES string of the molecule is CC(C)OCC(=O)N1CCC(N2CCCC2)C1. The first-order chi connectivity index (χ1) is 8.16. The second kappa shape index (κ2) is 5.83. The summed E-state index contributed by atoms with van der Waals surface area (Å²) in [5.41, 5.74) is 0. The Bertz CT molecular complexity index is 262. The molecule has 4 nitrogen and oxygen atoms in total. The van der Waals surface area contributed by atoms with Crippen LogP contribution in [0.25, 0.3) is 0 Å². The third-order valence-electron chi connectivity index (χ3n) is 3.71. The highest BCUT2D eigenvalue weighted by Gasteiger charge is 2.31. The van der Waals surface area contributed by atoms with E-state index in [1.54, 1.807) is 0 Å². The number of carbonyl (C=O) groups is 1. The Morgan fingerprint density at radius 2 is 2.00 bits per heavy atom. The maximum Gasteiger partial charge on any atom is 0.248 e. The highest BCUT2D eigenvalue weighted by atomic mass is 16.5. The van der Waals surface area contributed by atoms with Gasteiger partial charge in [0.2, 0.25) is 5.91 Å². The molecule has 0 aromatic rings. The van der Waals surface area contributed by atoms with Gasteiger partial charge in [0.25, 0.3) is 0 Å². The van der Waals surface area contributed by atoms with Crippen molar-refractivity contribution in [2.75, 3.05) is 32.8 Å². The van der Waals surface area contributed by atoms with Gasteiger partial charge in [-0.3, -0.25) is 9.69 Å². The quantitative estimate of drug-likeness (QED) is 0.738. The number of ether oxygens (including phenoxy) is 1. The van der Waals surface area contributed by atoms with E-state index in [0.717, 1.165) is 19.5 Å². The van der Waals surface area contributed by atoms with Crippen molar-refractivity contribution < 1.29 is 9.53 Å². The number of rotatable bonds is 4. The fourth-order valence-corrected chi connectivity index (χ4v) is 2.70. The van der Waals surface area contributed by atoms with E-state index in [4.69, 9.17) is 4.74 Å². The first kappa shape index (κ1) is 12.8. The monoisotopic (exact) mass is 240 g/mol. The van der Waals surface area contributed by atoms with Crippen LogP contribution in [-0.4, -0.2) is 60.6 Å². The zero-order valence-electron chi connectivity index (χ0n) is 11.0. The lowest BCUT2D eigenvalue weighted by molar-refractivity contribution is -0.136. The van der Waals surface area contributed by atoms with Gasteiger partial charge in [-0.25, -0.2) is 0 Å². The predicted octanol–water partition coefficient (Wildman–Crippen LogP) is 1.11. The molecule has 0 radical (unpaired) electrons. The Morgan fingerprint density at radius 3 is 2.65 bits per heavy atom. The van der Waals surface area contributed by atoms with Crippen molar-refractivity contribution in [3.05, 3.63) is 0 Å². The van der Waals surface area contributed by atoms with Crippen molar-refractivity contribution in [1.29, 1.82) is 0 Å². The Balaban J connectivity index is 1.74. The van der Waals surface area contributed by atoms with E-state index in [1.165, 1.54) is 25.9 Å². The molecule has 2 fully saturated rings. The third kappa shape index (κ3) is 3.42. The smallest absolute Gasteiger partial charge is 0.248 e. The molecule has 2 saturated heterocycles. The second-order valence-electron chi connectivity index (χ2n) is 5.39. The molecule has 1 atom stereocenters. The first-order valence-electron chi connectivity index (χ1n) is 6.80. The summed E-state index contributed by atoms with van der Waals surface area (Å²) in [7, 11) is 0. The second-order valence-corrected chi connectivity index (χ2v) is 5.39. The lowest BCUT2D eigenvalue weighted by atomic mass is 10.2. The summed E-state index contributed by atoms with van der Waals surface area (Å²) in [6.07, 6.45) is 3.91. The number of nitrogens with zero attached hydrogens (tertiary/aromatic N) is 2. The molecule has 0 spiro atoms. The van der Waals surface area contributed by atoms with Crippen molar-refractivity contribution >= 4 is 5.91 Å². The first-order valence-corrected chi connectivity index (χ1v) is 6.80. The minimum absolute atomic E-state index is 0.135. The minimum Gasteiger partial charge on any atom is -0.369 e. The van der Waals surface area contributed by atoms with E-state index in [1.807, 2.05) is 18.7 Å². The standard InChI is InChI=1S/C13H24N2O2/c1-11(2)17-10-13(16)15-8-5-12(9-15)14-6-3-4-7-14/h11-12H,3-10H2,1-2H3. The van der Waals surface area contributed by atoms with Gasteiger partial charge in [-0.15, -0.1) is 0 Å². The van der Waals surface area contributed by atoms with Gasteiger partial charge in [0.05, 0.1) is 6.10 Å². The van der Waals surface area contributed by atoms with Crippen LogP contribution in [0.15, 0.2) is 0 Å². The average molecular weight is 240 g/mol. The molecule has 0 aromatic carbocycles. The van der Waals surface area contributed by atoms with Gasteiger partial charge >= 0.3 is 0 Å². The molecule has 98 valence electrons. The minimum atomic E-state index is 0.135. The fourth-order valence-electron chi connectivity index (χ4n) is 2.70. The third-order valence-corrected chi connectivity index (χ3v) is 3.71. The largest absolute Gasteiger partial charge is 0.369 e. The van der Waals surface area contributed by atoms with Crippen LogP contribution in [0.2, 0.25) is 0 Å². The number of hydrogen-bond acceptors (Lipinski definition) is 3. The molecule has 1 unspecified atom stereocenters. The van der Waals surface area contributed by atoms with E-state index >= 15 is 0 Å². The normalized spacial score (nSPS) is 26.1. The Morgan fingerprint density at radius 1 is 1.29 bits per heavy atom. The molecule has 1 amide bonds. The highest BCUT2D eigenvalue weighted by molar-refractivity contribution is 5.77. The van der Waals surface area contributed by atoms with Crippen molar-refractivity contribution in [2.45, 2.75) is 45.3 Å². The summed E-state index contributed by atoms with van der Waals surface area (Å²) in [4.78, 5) is 16.4. The molecule has 2 rings (SSSR count). The van der Waals surface area contributed by atoms with Gasteiger partial charge in [0.1, 0.15) is 6.61 Å². The molecule has 2 aliphatic rings. The zero-order chi connectivity index (χ0) is 12.3. The van der Waals surface area contributed by atoms with Crippen LogP contribution in [0.3, 0.4) is 0 Å². The summed E-state index contributed by atoms with van der Waals surface area (Å²) in [6, 6.07) is 0.598. The van der Waals surface area contributed by atoms with Crippen molar-refractivity contribution in [2.24, 2.45) is 0 Å². The molecule has 0 aliphatic carbocycles. The van der Waals surface area contributed by atoms with Gasteiger partial charge in [-0.1, -0.05) is 0 Å². The molecule has 2 aliphatic heterocycles. The zero-order valence-corrected chi connectivity index (χ0v) is 11.0. The predicted molar refractivity (Wildman–Crippen MR) is 66.9 cm³/mol. The molecular formula is C13H24N2O2. The van der Waals surface area contributed by atoms with Gasteiger partial charge < -0.3 is 9.64 Å². The van der Waals surface area contributed by atoms with E-state index < -0.39 is 0 Å². The number of carbonyl (C=O) groups excluding carboxylic acids is 1. The molecule has 2 heterocycles. The van der Waals surface area contributed by atoms with E-state index in [9.17, 15) is 4.79 Å². The lowest BCUT2D eigenvalue weighted by Gasteiger charge is -2.23. The van der Waals surface area contributed by atoms with Crippen molar-refractivity contribution in [3.63, 3.8) is 0 Å². The summed E-state index contributed by atoms with van der Waals surface area (Å²) < 4.78 is 5.37. The van der Waals surface area contributed by atoms with Crippen molar-refractivity contribution in [1.82, 2.24) is 9.80 Å². The average Bonchev–Trinajstić information content (AvgIpc) is 2.94. The maximum atomic E-state index is 11.9. The Hall–Kier alpha value is -0.610. The highest BCUT2D eigenvalue weighted by Crippen LogP contribution is 2.20. The topological polar surface area (TPSA) is 32.8 Å². The summed E-state index contributed by atoms with van der Waals surface area (Å²) >= 11 is 0. The van der Waals surface area contributed by atoms with Gasteiger partial charge in [0.15, 0.2) is 0 Å². The van der Waals surface area contributed by atoms with Crippen LogP contribution in [0.1, 0.15) is 33.1 Å². The van der Waals surface area contributed by atoms with Gasteiger partial charge in [-0.2, -0.15) is 0 Å². The van der Waals surface area contributed by atoms with E-state index in [2.05, 4.69) is 4.90 Å². The van der Waals surface area contributed by atoms with Crippen LogP contribution in [0.4, 0.5) is 0 Å². The molecular weight excluding hydrogens is 216 g/mol. The van der Waals surface area contributed by atoms with E-state index in [0.29, 0.717) is 6.04 Å². The Kier molecular flexibility index (Phi) is 4.40. The number of likely N-dealkylation sites (tertiary alicyclic amines) is 2. The fraction of sp³-hybridized carbons (Fsp3) is 0.923. The van der Waals surface area contributed by atoms with Crippen LogP contribution in [-0.2, 0) is 9.53 Å². The van der Waals surface area contributed by atoms with Crippen LogP contribution < -0.4 is 0 Å².